The molecule has 0 radical (unpaired) electrons. The first-order chi connectivity index (χ1) is 13.0. The number of anilines is 1. The number of aliphatic hydroxyl groups is 1. The van der Waals surface area contributed by atoms with Crippen molar-refractivity contribution in [3.63, 3.8) is 0 Å². The van der Waals surface area contributed by atoms with Gasteiger partial charge in [0.2, 0.25) is 0 Å². The summed E-state index contributed by atoms with van der Waals surface area (Å²) in [7, 11) is 2.11. The molecule has 1 N–H and O–H groups in total. The minimum absolute atomic E-state index is 0.235. The SMILES string of the molecule is CCc1ccc(C(O)(c2cncc(N3CCCC3)c2)C2(C)CN(C)C2)cc1. The lowest BCUT2D eigenvalue weighted by atomic mass is 9.62. The van der Waals surface area contributed by atoms with Crippen LogP contribution < -0.4 is 4.90 Å². The van der Waals surface area contributed by atoms with E-state index in [0.717, 1.165) is 49.4 Å². The third kappa shape index (κ3) is 3.05. The molecule has 1 aromatic carbocycles. The molecule has 4 heteroatoms. The van der Waals surface area contributed by atoms with Crippen LogP contribution in [0.5, 0.6) is 0 Å². The van der Waals surface area contributed by atoms with Gasteiger partial charge in [-0.25, -0.2) is 0 Å². The summed E-state index contributed by atoms with van der Waals surface area (Å²) in [4.78, 5) is 9.18. The summed E-state index contributed by atoms with van der Waals surface area (Å²) in [6.45, 7) is 8.25. The normalized spacial score (nSPS) is 21.7. The molecule has 4 rings (SSSR count). The van der Waals surface area contributed by atoms with Gasteiger partial charge in [0.1, 0.15) is 5.60 Å². The topological polar surface area (TPSA) is 39.6 Å². The molecule has 1 aromatic heterocycles. The highest BCUT2D eigenvalue weighted by atomic mass is 16.3. The van der Waals surface area contributed by atoms with Crippen LogP contribution in [0.15, 0.2) is 42.7 Å². The van der Waals surface area contributed by atoms with Crippen molar-refractivity contribution in [3.05, 3.63) is 59.4 Å². The van der Waals surface area contributed by atoms with Crippen molar-refractivity contribution in [3.8, 4) is 0 Å². The molecule has 0 bridgehead atoms. The van der Waals surface area contributed by atoms with Crippen molar-refractivity contribution in [1.29, 1.82) is 0 Å². The number of aryl methyl sites for hydroxylation is 1. The predicted molar refractivity (Wildman–Crippen MR) is 110 cm³/mol. The van der Waals surface area contributed by atoms with E-state index in [2.05, 4.69) is 66.0 Å². The highest BCUT2D eigenvalue weighted by Crippen LogP contribution is 2.50. The Balaban J connectivity index is 1.79. The first-order valence-corrected chi connectivity index (χ1v) is 10.2. The van der Waals surface area contributed by atoms with Crippen molar-refractivity contribution in [1.82, 2.24) is 9.88 Å². The third-order valence-corrected chi connectivity index (χ3v) is 6.50. The van der Waals surface area contributed by atoms with Crippen LogP contribution in [0.4, 0.5) is 5.69 Å². The molecule has 4 nitrogen and oxygen atoms in total. The van der Waals surface area contributed by atoms with Crippen molar-refractivity contribution in [2.24, 2.45) is 5.41 Å². The van der Waals surface area contributed by atoms with Gasteiger partial charge < -0.3 is 14.9 Å². The maximum Gasteiger partial charge on any atom is 0.124 e. The number of likely N-dealkylation sites (tertiary alicyclic amines) is 1. The maximum atomic E-state index is 12.2. The predicted octanol–water partition coefficient (Wildman–Crippen LogP) is 3.43. The van der Waals surface area contributed by atoms with Crippen molar-refractivity contribution < 1.29 is 5.11 Å². The number of hydrogen-bond acceptors (Lipinski definition) is 4. The molecule has 1 atom stereocenters. The van der Waals surface area contributed by atoms with E-state index in [9.17, 15) is 5.11 Å². The Morgan fingerprint density at radius 2 is 1.74 bits per heavy atom. The number of aromatic nitrogens is 1. The second-order valence-electron chi connectivity index (χ2n) is 8.62. The van der Waals surface area contributed by atoms with Crippen LogP contribution in [0, 0.1) is 5.41 Å². The van der Waals surface area contributed by atoms with Gasteiger partial charge in [-0.1, -0.05) is 38.1 Å². The molecule has 0 spiro atoms. The van der Waals surface area contributed by atoms with Crippen molar-refractivity contribution >= 4 is 5.69 Å². The van der Waals surface area contributed by atoms with Gasteiger partial charge in [0.25, 0.3) is 0 Å². The minimum atomic E-state index is -1.05. The Morgan fingerprint density at radius 3 is 2.33 bits per heavy atom. The molecule has 2 aromatic rings. The van der Waals surface area contributed by atoms with E-state index in [1.807, 2.05) is 12.4 Å². The molecule has 1 unspecified atom stereocenters. The summed E-state index contributed by atoms with van der Waals surface area (Å²) in [6.07, 6.45) is 7.26. The van der Waals surface area contributed by atoms with Crippen LogP contribution in [-0.2, 0) is 12.0 Å². The summed E-state index contributed by atoms with van der Waals surface area (Å²) in [5, 5.41) is 12.2. The molecule has 2 aliphatic heterocycles. The zero-order valence-corrected chi connectivity index (χ0v) is 16.8. The van der Waals surface area contributed by atoms with Crippen LogP contribution in [0.25, 0.3) is 0 Å². The Labute approximate surface area is 162 Å². The minimum Gasteiger partial charge on any atom is -0.380 e. The van der Waals surface area contributed by atoms with E-state index in [0.29, 0.717) is 0 Å². The van der Waals surface area contributed by atoms with Gasteiger partial charge in [-0.15, -0.1) is 0 Å². The Kier molecular flexibility index (Phi) is 4.73. The lowest BCUT2D eigenvalue weighted by molar-refractivity contribution is -0.127. The highest BCUT2D eigenvalue weighted by molar-refractivity contribution is 5.51. The summed E-state index contributed by atoms with van der Waals surface area (Å²) >= 11 is 0. The van der Waals surface area contributed by atoms with E-state index in [1.54, 1.807) is 0 Å². The summed E-state index contributed by atoms with van der Waals surface area (Å²) in [5.74, 6) is 0. The van der Waals surface area contributed by atoms with Crippen molar-refractivity contribution in [2.75, 3.05) is 38.1 Å². The van der Waals surface area contributed by atoms with Crippen LogP contribution in [-0.4, -0.2) is 48.2 Å². The lowest BCUT2D eigenvalue weighted by Crippen LogP contribution is -2.63. The molecule has 0 saturated carbocycles. The summed E-state index contributed by atoms with van der Waals surface area (Å²) in [6, 6.07) is 10.7. The van der Waals surface area contributed by atoms with Crippen LogP contribution in [0.3, 0.4) is 0 Å². The molecule has 144 valence electrons. The van der Waals surface area contributed by atoms with Crippen LogP contribution in [0.2, 0.25) is 0 Å². The van der Waals surface area contributed by atoms with Crippen LogP contribution in [0.1, 0.15) is 43.4 Å². The van der Waals surface area contributed by atoms with Crippen LogP contribution >= 0.6 is 0 Å². The number of rotatable bonds is 5. The maximum absolute atomic E-state index is 12.2. The van der Waals surface area contributed by atoms with E-state index in [-0.39, 0.29) is 5.41 Å². The second kappa shape index (κ2) is 6.92. The second-order valence-corrected chi connectivity index (χ2v) is 8.62. The van der Waals surface area contributed by atoms with Gasteiger partial charge in [0.15, 0.2) is 0 Å². The Morgan fingerprint density at radius 1 is 1.07 bits per heavy atom. The largest absolute Gasteiger partial charge is 0.380 e. The zero-order chi connectivity index (χ0) is 19.1. The molecule has 2 aliphatic rings. The molecule has 0 amide bonds. The number of hydrogen-bond donors (Lipinski definition) is 1. The van der Waals surface area contributed by atoms with Gasteiger partial charge in [-0.2, -0.15) is 0 Å². The number of benzene rings is 1. The fourth-order valence-electron chi connectivity index (χ4n) is 4.99. The molecule has 2 fully saturated rings. The molecular formula is C23H31N3O. The molecule has 3 heterocycles. The van der Waals surface area contributed by atoms with E-state index in [4.69, 9.17) is 0 Å². The molecule has 2 saturated heterocycles. The fraction of sp³-hybridized carbons (Fsp3) is 0.522. The van der Waals surface area contributed by atoms with Gasteiger partial charge in [-0.3, -0.25) is 4.98 Å². The first-order valence-electron chi connectivity index (χ1n) is 10.2. The first kappa shape index (κ1) is 18.5. The van der Waals surface area contributed by atoms with Crippen molar-refractivity contribution in [2.45, 2.75) is 38.7 Å². The van der Waals surface area contributed by atoms with E-state index >= 15 is 0 Å². The molecule has 27 heavy (non-hydrogen) atoms. The quantitative estimate of drug-likeness (QED) is 0.881. The van der Waals surface area contributed by atoms with Gasteiger partial charge in [0.05, 0.1) is 11.9 Å². The standard InChI is InChI=1S/C23H31N3O/c1-4-18-7-9-19(10-8-18)23(27,22(2)16-25(3)17-22)20-13-21(15-24-14-20)26-11-5-6-12-26/h7-10,13-15,27H,4-6,11-12,16-17H2,1-3H3. The fourth-order valence-corrected chi connectivity index (χ4v) is 4.99. The molecule has 0 aliphatic carbocycles. The Hall–Kier alpha value is -1.91. The summed E-state index contributed by atoms with van der Waals surface area (Å²) in [5.41, 5.74) is 3.02. The number of pyridine rings is 1. The van der Waals surface area contributed by atoms with Gasteiger partial charge in [-0.05, 0) is 43.5 Å². The Bertz CT molecular complexity index is 792. The number of nitrogens with zero attached hydrogens (tertiary/aromatic N) is 3. The highest BCUT2D eigenvalue weighted by Gasteiger charge is 2.55. The summed E-state index contributed by atoms with van der Waals surface area (Å²) < 4.78 is 0. The molecular weight excluding hydrogens is 334 g/mol. The van der Waals surface area contributed by atoms with Gasteiger partial charge in [0, 0.05) is 43.4 Å². The van der Waals surface area contributed by atoms with E-state index < -0.39 is 5.60 Å². The monoisotopic (exact) mass is 365 g/mol. The van der Waals surface area contributed by atoms with Gasteiger partial charge >= 0.3 is 0 Å². The zero-order valence-electron chi connectivity index (χ0n) is 16.8. The van der Waals surface area contributed by atoms with E-state index in [1.165, 1.54) is 18.4 Å². The third-order valence-electron chi connectivity index (χ3n) is 6.50. The smallest absolute Gasteiger partial charge is 0.124 e. The average molecular weight is 366 g/mol. The average Bonchev–Trinajstić information content (AvgIpc) is 3.21. The lowest BCUT2D eigenvalue weighted by Gasteiger charge is -2.56.